The molecule has 4 nitrogen and oxygen atoms in total. The van der Waals surface area contributed by atoms with Crippen molar-refractivity contribution in [1.29, 1.82) is 0 Å². The van der Waals surface area contributed by atoms with E-state index in [1.165, 1.54) is 12.8 Å². The number of rotatable bonds is 4. The van der Waals surface area contributed by atoms with E-state index in [0.29, 0.717) is 18.6 Å². The number of nitrogens with one attached hydrogen (secondary N) is 1. The third kappa shape index (κ3) is 2.56. The van der Waals surface area contributed by atoms with Gasteiger partial charge in [-0.1, -0.05) is 15.9 Å². The molecule has 0 radical (unpaired) electrons. The number of nitrogens with zero attached hydrogens (tertiary/aromatic N) is 1. The number of nitrogens with two attached hydrogens (primary N) is 1. The molecule has 1 heterocycles. The molecule has 2 aliphatic rings. The summed E-state index contributed by atoms with van der Waals surface area (Å²) >= 11 is 3.42. The molecule has 1 aliphatic heterocycles. The number of carbonyl (C=O) groups is 1. The Morgan fingerprint density at radius 2 is 2.05 bits per heavy atom. The molecule has 108 valence electrons. The number of likely N-dealkylation sites (tertiary alicyclic amines) is 1. The zero-order chi connectivity index (χ0) is 14.3. The van der Waals surface area contributed by atoms with Crippen molar-refractivity contribution in [3.05, 3.63) is 28.7 Å². The monoisotopic (exact) mass is 337 g/mol. The topological polar surface area (TPSA) is 58.4 Å². The van der Waals surface area contributed by atoms with Crippen molar-refractivity contribution in [1.82, 2.24) is 4.90 Å². The molecule has 1 aliphatic carbocycles. The lowest BCUT2D eigenvalue weighted by Crippen LogP contribution is -2.52. The van der Waals surface area contributed by atoms with Crippen LogP contribution >= 0.6 is 15.9 Å². The van der Waals surface area contributed by atoms with Gasteiger partial charge in [0.05, 0.1) is 0 Å². The summed E-state index contributed by atoms with van der Waals surface area (Å²) in [5, 5.41) is 3.39. The lowest BCUT2D eigenvalue weighted by Gasteiger charge is -2.28. The second kappa shape index (κ2) is 5.04. The Morgan fingerprint density at radius 3 is 2.60 bits per heavy atom. The minimum Gasteiger partial charge on any atom is -0.370 e. The molecule has 0 bridgehead atoms. The summed E-state index contributed by atoms with van der Waals surface area (Å²) in [5.41, 5.74) is 6.02. The van der Waals surface area contributed by atoms with Crippen LogP contribution in [0.5, 0.6) is 0 Å². The van der Waals surface area contributed by atoms with Gasteiger partial charge in [-0.3, -0.25) is 9.69 Å². The first-order valence-electron chi connectivity index (χ1n) is 7.09. The number of carbonyl (C=O) groups excluding carboxylic acids is 1. The van der Waals surface area contributed by atoms with Crippen molar-refractivity contribution in [3.8, 4) is 0 Å². The summed E-state index contributed by atoms with van der Waals surface area (Å²) < 4.78 is 1.02. The molecule has 1 amide bonds. The number of amides is 1. The highest BCUT2D eigenvalue weighted by Crippen LogP contribution is 2.38. The summed E-state index contributed by atoms with van der Waals surface area (Å²) in [4.78, 5) is 14.5. The highest BCUT2D eigenvalue weighted by molar-refractivity contribution is 9.10. The van der Waals surface area contributed by atoms with Crippen molar-refractivity contribution in [2.24, 2.45) is 5.73 Å². The Hall–Kier alpha value is -1.07. The average Bonchev–Trinajstić information content (AvgIpc) is 3.18. The van der Waals surface area contributed by atoms with Gasteiger partial charge in [-0.2, -0.15) is 0 Å². The van der Waals surface area contributed by atoms with Crippen LogP contribution in [-0.4, -0.2) is 35.0 Å². The normalized spacial score (nSPS) is 30.4. The third-order valence-electron chi connectivity index (χ3n) is 4.38. The molecule has 3 N–H and O–H groups in total. The molecule has 20 heavy (non-hydrogen) atoms. The van der Waals surface area contributed by atoms with Gasteiger partial charge in [0, 0.05) is 28.8 Å². The summed E-state index contributed by atoms with van der Waals surface area (Å²) in [7, 11) is 0. The van der Waals surface area contributed by atoms with Crippen molar-refractivity contribution >= 4 is 27.5 Å². The molecule has 2 fully saturated rings. The van der Waals surface area contributed by atoms with E-state index in [4.69, 9.17) is 5.73 Å². The number of primary amides is 1. The third-order valence-corrected chi connectivity index (χ3v) is 4.91. The molecule has 1 saturated carbocycles. The average molecular weight is 338 g/mol. The highest BCUT2D eigenvalue weighted by atomic mass is 79.9. The zero-order valence-electron chi connectivity index (χ0n) is 11.6. The second-order valence-electron chi connectivity index (χ2n) is 6.03. The predicted octanol–water partition coefficient (Wildman–Crippen LogP) is 2.34. The summed E-state index contributed by atoms with van der Waals surface area (Å²) in [6.07, 6.45) is 3.27. The summed E-state index contributed by atoms with van der Waals surface area (Å²) in [5.74, 6) is -0.254. The van der Waals surface area contributed by atoms with Crippen molar-refractivity contribution in [3.63, 3.8) is 0 Å². The molecule has 2 atom stereocenters. The molecular weight excluding hydrogens is 318 g/mol. The van der Waals surface area contributed by atoms with Crippen LogP contribution in [-0.2, 0) is 4.79 Å². The first kappa shape index (κ1) is 13.9. The minimum absolute atomic E-state index is 0.254. The standard InChI is InChI=1S/C15H20BrN3O/c1-10-8-15(14(17)20,9-19(10)13-6-7-13)18-12-4-2-11(16)3-5-12/h2-5,10,13,18H,6-9H2,1H3,(H2,17,20). The molecule has 0 aromatic heterocycles. The van der Waals surface area contributed by atoms with Crippen LogP contribution < -0.4 is 11.1 Å². The van der Waals surface area contributed by atoms with Gasteiger partial charge in [-0.25, -0.2) is 0 Å². The Morgan fingerprint density at radius 1 is 1.40 bits per heavy atom. The zero-order valence-corrected chi connectivity index (χ0v) is 13.2. The highest BCUT2D eigenvalue weighted by Gasteiger charge is 2.50. The Labute approximate surface area is 127 Å². The van der Waals surface area contributed by atoms with E-state index in [0.717, 1.165) is 16.6 Å². The fourth-order valence-electron chi connectivity index (χ4n) is 3.19. The van der Waals surface area contributed by atoms with Crippen LogP contribution in [0, 0.1) is 0 Å². The maximum absolute atomic E-state index is 12.1. The van der Waals surface area contributed by atoms with Crippen LogP contribution in [0.1, 0.15) is 26.2 Å². The number of anilines is 1. The predicted molar refractivity (Wildman–Crippen MR) is 83.5 cm³/mol. The number of hydrogen-bond donors (Lipinski definition) is 2. The number of halogens is 1. The largest absolute Gasteiger partial charge is 0.370 e. The van der Waals surface area contributed by atoms with E-state index in [9.17, 15) is 4.79 Å². The maximum atomic E-state index is 12.1. The first-order valence-corrected chi connectivity index (χ1v) is 7.89. The van der Waals surface area contributed by atoms with Gasteiger partial charge in [0.15, 0.2) is 0 Å². The fraction of sp³-hybridized carbons (Fsp3) is 0.533. The van der Waals surface area contributed by atoms with Crippen molar-refractivity contribution in [2.75, 3.05) is 11.9 Å². The molecule has 1 aromatic rings. The van der Waals surface area contributed by atoms with E-state index in [1.807, 2.05) is 24.3 Å². The molecular formula is C15H20BrN3O. The van der Waals surface area contributed by atoms with Crippen LogP contribution in [0.15, 0.2) is 28.7 Å². The first-order chi connectivity index (χ1) is 9.50. The van der Waals surface area contributed by atoms with Gasteiger partial charge in [0.25, 0.3) is 0 Å². The van der Waals surface area contributed by atoms with Gasteiger partial charge in [0.2, 0.25) is 5.91 Å². The van der Waals surface area contributed by atoms with Gasteiger partial charge in [0.1, 0.15) is 5.54 Å². The molecule has 5 heteroatoms. The lowest BCUT2D eigenvalue weighted by atomic mass is 9.95. The molecule has 2 unspecified atom stereocenters. The van der Waals surface area contributed by atoms with E-state index >= 15 is 0 Å². The smallest absolute Gasteiger partial charge is 0.244 e. The molecule has 3 rings (SSSR count). The van der Waals surface area contributed by atoms with Crippen LogP contribution in [0.25, 0.3) is 0 Å². The van der Waals surface area contributed by atoms with Gasteiger partial charge in [-0.15, -0.1) is 0 Å². The molecule has 0 spiro atoms. The second-order valence-corrected chi connectivity index (χ2v) is 6.95. The summed E-state index contributed by atoms with van der Waals surface area (Å²) in [6.45, 7) is 2.90. The van der Waals surface area contributed by atoms with Crippen molar-refractivity contribution < 1.29 is 4.79 Å². The van der Waals surface area contributed by atoms with Crippen LogP contribution in [0.2, 0.25) is 0 Å². The molecule has 1 aromatic carbocycles. The SMILES string of the molecule is CC1CC(Nc2ccc(Br)cc2)(C(N)=O)CN1C1CC1. The summed E-state index contributed by atoms with van der Waals surface area (Å²) in [6, 6.07) is 8.93. The number of benzene rings is 1. The molecule has 1 saturated heterocycles. The van der Waals surface area contributed by atoms with Gasteiger partial charge in [-0.05, 0) is 50.5 Å². The quantitative estimate of drug-likeness (QED) is 0.886. The van der Waals surface area contributed by atoms with Gasteiger partial charge < -0.3 is 11.1 Å². The van der Waals surface area contributed by atoms with E-state index < -0.39 is 5.54 Å². The minimum atomic E-state index is -0.643. The maximum Gasteiger partial charge on any atom is 0.244 e. The fourth-order valence-corrected chi connectivity index (χ4v) is 3.45. The van der Waals surface area contributed by atoms with Gasteiger partial charge >= 0.3 is 0 Å². The lowest BCUT2D eigenvalue weighted by molar-refractivity contribution is -0.121. The van der Waals surface area contributed by atoms with Crippen molar-refractivity contribution in [2.45, 2.75) is 43.8 Å². The Balaban J connectivity index is 1.82. The Kier molecular flexibility index (Phi) is 3.50. The number of hydrogen-bond acceptors (Lipinski definition) is 3. The Bertz CT molecular complexity index is 514. The van der Waals surface area contributed by atoms with E-state index in [2.05, 4.69) is 33.1 Å². The van der Waals surface area contributed by atoms with Crippen LogP contribution in [0.3, 0.4) is 0 Å². The van der Waals surface area contributed by atoms with E-state index in [-0.39, 0.29) is 5.91 Å². The van der Waals surface area contributed by atoms with E-state index in [1.54, 1.807) is 0 Å². The van der Waals surface area contributed by atoms with Crippen LogP contribution in [0.4, 0.5) is 5.69 Å².